The zero-order valence-electron chi connectivity index (χ0n) is 18.3. The van der Waals surface area contributed by atoms with Crippen LogP contribution in [0.1, 0.15) is 34.2 Å². The number of fused-ring (bicyclic) bond motifs is 1. The molecular formula is C30H22F2O. The SMILES string of the molecule is COCCCc1ccc(C#Cc2ccc(C#Cc3ccc4cc(F)ccc4c3)cc2)c(F)c1. The molecule has 0 radical (unpaired) electrons. The number of hydrogen-bond acceptors (Lipinski definition) is 1. The molecule has 4 rings (SSSR count). The molecule has 0 fully saturated rings. The van der Waals surface area contributed by atoms with Crippen LogP contribution in [-0.4, -0.2) is 13.7 Å². The molecule has 162 valence electrons. The molecule has 3 heteroatoms. The molecule has 0 aliphatic carbocycles. The highest BCUT2D eigenvalue weighted by molar-refractivity contribution is 5.84. The molecule has 0 aromatic heterocycles. The maximum absolute atomic E-state index is 14.3. The van der Waals surface area contributed by atoms with Crippen molar-refractivity contribution in [1.29, 1.82) is 0 Å². The van der Waals surface area contributed by atoms with Crippen molar-refractivity contribution in [1.82, 2.24) is 0 Å². The van der Waals surface area contributed by atoms with Gasteiger partial charge >= 0.3 is 0 Å². The summed E-state index contributed by atoms with van der Waals surface area (Å²) >= 11 is 0. The van der Waals surface area contributed by atoms with Crippen molar-refractivity contribution >= 4 is 10.8 Å². The van der Waals surface area contributed by atoms with E-state index in [0.29, 0.717) is 12.2 Å². The van der Waals surface area contributed by atoms with Gasteiger partial charge in [0, 0.05) is 30.4 Å². The van der Waals surface area contributed by atoms with E-state index in [4.69, 9.17) is 4.74 Å². The molecule has 0 bridgehead atoms. The maximum atomic E-state index is 14.3. The number of aryl methyl sites for hydroxylation is 1. The van der Waals surface area contributed by atoms with Gasteiger partial charge in [-0.15, -0.1) is 0 Å². The number of ether oxygens (including phenoxy) is 1. The topological polar surface area (TPSA) is 9.23 Å². The Kier molecular flexibility index (Phi) is 7.16. The third kappa shape index (κ3) is 6.07. The maximum Gasteiger partial charge on any atom is 0.139 e. The normalized spacial score (nSPS) is 10.3. The molecule has 4 aromatic rings. The van der Waals surface area contributed by atoms with Crippen molar-refractivity contribution in [2.75, 3.05) is 13.7 Å². The number of methoxy groups -OCH3 is 1. The Labute approximate surface area is 193 Å². The summed E-state index contributed by atoms with van der Waals surface area (Å²) in [6.45, 7) is 0.660. The van der Waals surface area contributed by atoms with E-state index < -0.39 is 0 Å². The monoisotopic (exact) mass is 436 g/mol. The number of halogens is 2. The highest BCUT2D eigenvalue weighted by Gasteiger charge is 2.02. The Hall–Kier alpha value is -3.92. The van der Waals surface area contributed by atoms with E-state index in [9.17, 15) is 8.78 Å². The lowest BCUT2D eigenvalue weighted by atomic mass is 10.1. The molecule has 0 unspecified atom stereocenters. The smallest absolute Gasteiger partial charge is 0.139 e. The van der Waals surface area contributed by atoms with Crippen molar-refractivity contribution in [3.63, 3.8) is 0 Å². The first-order valence-electron chi connectivity index (χ1n) is 10.7. The van der Waals surface area contributed by atoms with Gasteiger partial charge in [0.15, 0.2) is 0 Å². The molecule has 0 atom stereocenters. The van der Waals surface area contributed by atoms with Crippen molar-refractivity contribution in [3.8, 4) is 23.7 Å². The number of benzene rings is 4. The minimum Gasteiger partial charge on any atom is -0.385 e. The summed E-state index contributed by atoms with van der Waals surface area (Å²) in [6, 6.07) is 23.1. The largest absolute Gasteiger partial charge is 0.385 e. The minimum atomic E-state index is -0.307. The van der Waals surface area contributed by atoms with Crippen LogP contribution < -0.4 is 0 Å². The molecule has 1 nitrogen and oxygen atoms in total. The summed E-state index contributed by atoms with van der Waals surface area (Å²) < 4.78 is 32.7. The Morgan fingerprint density at radius 3 is 2.03 bits per heavy atom. The lowest BCUT2D eigenvalue weighted by Gasteiger charge is -2.02. The molecule has 0 saturated heterocycles. The predicted molar refractivity (Wildman–Crippen MR) is 129 cm³/mol. The highest BCUT2D eigenvalue weighted by Crippen LogP contribution is 2.17. The van der Waals surface area contributed by atoms with E-state index in [1.807, 2.05) is 48.5 Å². The average Bonchev–Trinajstić information content (AvgIpc) is 2.83. The summed E-state index contributed by atoms with van der Waals surface area (Å²) in [5.74, 6) is 11.6. The summed E-state index contributed by atoms with van der Waals surface area (Å²) in [4.78, 5) is 0. The lowest BCUT2D eigenvalue weighted by Crippen LogP contribution is -1.94. The molecule has 0 spiro atoms. The fourth-order valence-electron chi connectivity index (χ4n) is 3.45. The van der Waals surface area contributed by atoms with Gasteiger partial charge in [-0.25, -0.2) is 8.78 Å². The third-order valence-electron chi connectivity index (χ3n) is 5.23. The first-order chi connectivity index (χ1) is 16.1. The quantitative estimate of drug-likeness (QED) is 0.262. The van der Waals surface area contributed by atoms with Gasteiger partial charge in [0.05, 0.1) is 5.56 Å². The van der Waals surface area contributed by atoms with E-state index >= 15 is 0 Å². The summed E-state index contributed by atoms with van der Waals surface area (Å²) in [7, 11) is 1.66. The van der Waals surface area contributed by atoms with Crippen molar-refractivity contribution in [3.05, 3.63) is 118 Å². The van der Waals surface area contributed by atoms with E-state index in [2.05, 4.69) is 23.7 Å². The fraction of sp³-hybridized carbons (Fsp3) is 0.133. The van der Waals surface area contributed by atoms with E-state index in [-0.39, 0.29) is 11.6 Å². The van der Waals surface area contributed by atoms with Gasteiger partial charge in [0.2, 0.25) is 0 Å². The zero-order valence-corrected chi connectivity index (χ0v) is 18.3. The van der Waals surface area contributed by atoms with Crippen LogP contribution in [0.2, 0.25) is 0 Å². The van der Waals surface area contributed by atoms with Gasteiger partial charge in [0.1, 0.15) is 11.6 Å². The predicted octanol–water partition coefficient (Wildman–Crippen LogP) is 6.50. The first-order valence-corrected chi connectivity index (χ1v) is 10.7. The third-order valence-corrected chi connectivity index (χ3v) is 5.23. The molecule has 33 heavy (non-hydrogen) atoms. The van der Waals surface area contributed by atoms with Crippen LogP contribution in [0.3, 0.4) is 0 Å². The van der Waals surface area contributed by atoms with Gasteiger partial charge in [-0.1, -0.05) is 41.9 Å². The molecule has 0 aliphatic heterocycles. The number of hydrogen-bond donors (Lipinski definition) is 0. The van der Waals surface area contributed by atoms with Crippen LogP contribution in [-0.2, 0) is 11.2 Å². The Morgan fingerprint density at radius 2 is 1.30 bits per heavy atom. The van der Waals surface area contributed by atoms with Crippen LogP contribution in [0.5, 0.6) is 0 Å². The molecule has 0 N–H and O–H groups in total. The second-order valence-corrected chi connectivity index (χ2v) is 7.69. The van der Waals surface area contributed by atoms with Gasteiger partial charge in [0.25, 0.3) is 0 Å². The summed E-state index contributed by atoms with van der Waals surface area (Å²) in [5, 5.41) is 1.80. The Morgan fingerprint density at radius 1 is 0.667 bits per heavy atom. The Balaban J connectivity index is 1.44. The molecule has 0 aliphatic rings. The van der Waals surface area contributed by atoms with Crippen molar-refractivity contribution in [2.24, 2.45) is 0 Å². The molecular weight excluding hydrogens is 414 g/mol. The van der Waals surface area contributed by atoms with Gasteiger partial charge in [-0.3, -0.25) is 0 Å². The van der Waals surface area contributed by atoms with Crippen molar-refractivity contribution < 1.29 is 13.5 Å². The zero-order chi connectivity index (χ0) is 23.0. The van der Waals surface area contributed by atoms with Gasteiger partial charge in [-0.2, -0.15) is 0 Å². The minimum absolute atomic E-state index is 0.248. The molecule has 4 aromatic carbocycles. The van der Waals surface area contributed by atoms with Gasteiger partial charge in [-0.05, 0) is 89.8 Å². The van der Waals surface area contributed by atoms with E-state index in [0.717, 1.165) is 45.9 Å². The van der Waals surface area contributed by atoms with Crippen LogP contribution in [0.15, 0.2) is 78.9 Å². The fourth-order valence-corrected chi connectivity index (χ4v) is 3.45. The van der Waals surface area contributed by atoms with Gasteiger partial charge < -0.3 is 4.74 Å². The van der Waals surface area contributed by atoms with E-state index in [1.54, 1.807) is 25.3 Å². The van der Waals surface area contributed by atoms with Crippen LogP contribution in [0.4, 0.5) is 8.78 Å². The summed E-state index contributed by atoms with van der Waals surface area (Å²) in [6.07, 6.45) is 1.63. The average molecular weight is 437 g/mol. The highest BCUT2D eigenvalue weighted by atomic mass is 19.1. The van der Waals surface area contributed by atoms with Crippen LogP contribution in [0, 0.1) is 35.3 Å². The number of rotatable bonds is 4. The van der Waals surface area contributed by atoms with Crippen molar-refractivity contribution in [2.45, 2.75) is 12.8 Å². The summed E-state index contributed by atoms with van der Waals surface area (Å²) in [5.41, 5.74) is 3.82. The Bertz CT molecular complexity index is 1400. The molecule has 0 saturated carbocycles. The second kappa shape index (κ2) is 10.6. The first kappa shape index (κ1) is 22.3. The van der Waals surface area contributed by atoms with Crippen LogP contribution >= 0.6 is 0 Å². The second-order valence-electron chi connectivity index (χ2n) is 7.69. The lowest BCUT2D eigenvalue weighted by molar-refractivity contribution is 0.195. The van der Waals surface area contributed by atoms with E-state index in [1.165, 1.54) is 12.1 Å². The molecule has 0 amide bonds. The standard InChI is InChI=1S/C30H22F2O/c1-33-18-2-3-24-11-14-26(30(32)20-24)13-10-23-6-4-22(5-7-23)8-9-25-12-15-28-21-29(31)17-16-27(28)19-25/h4-7,11-12,14-17,19-21H,2-3,18H2,1H3. The molecule has 0 heterocycles. The van der Waals surface area contributed by atoms with Crippen LogP contribution in [0.25, 0.3) is 10.8 Å².